The Hall–Kier alpha value is -2.44. The highest BCUT2D eigenvalue weighted by Gasteiger charge is 2.38. The van der Waals surface area contributed by atoms with Crippen molar-refractivity contribution in [3.8, 4) is 5.69 Å². The molecule has 0 aliphatic carbocycles. The number of carbonyl (C=O) groups is 1. The van der Waals surface area contributed by atoms with Crippen LogP contribution >= 0.6 is 0 Å². The molecule has 20 heavy (non-hydrogen) atoms. The molecule has 3 rings (SSSR count). The number of aromatic nitrogens is 4. The summed E-state index contributed by atoms with van der Waals surface area (Å²) in [4.78, 5) is 13.1. The van der Waals surface area contributed by atoms with Crippen LogP contribution < -0.4 is 4.90 Å². The summed E-state index contributed by atoms with van der Waals surface area (Å²) in [6.45, 7) is 2.54. The fourth-order valence-corrected chi connectivity index (χ4v) is 2.65. The van der Waals surface area contributed by atoms with Gasteiger partial charge in [0.1, 0.15) is 0 Å². The van der Waals surface area contributed by atoms with Crippen LogP contribution in [0.15, 0.2) is 30.3 Å². The second kappa shape index (κ2) is 4.92. The zero-order chi connectivity index (χ0) is 14.1. The lowest BCUT2D eigenvalue weighted by atomic mass is 10.0. The Morgan fingerprint density at radius 1 is 1.35 bits per heavy atom. The van der Waals surface area contributed by atoms with Crippen LogP contribution in [0.25, 0.3) is 5.69 Å². The number of carboxylic acids is 1. The molecule has 0 spiro atoms. The Morgan fingerprint density at radius 2 is 2.10 bits per heavy atom. The maximum absolute atomic E-state index is 11.2. The largest absolute Gasteiger partial charge is 0.481 e. The minimum Gasteiger partial charge on any atom is -0.481 e. The fraction of sp³-hybridized carbons (Fsp3) is 0.385. The normalized spacial score (nSPS) is 22.1. The molecule has 2 atom stereocenters. The zero-order valence-electron chi connectivity index (χ0n) is 11.0. The topological polar surface area (TPSA) is 84.1 Å². The van der Waals surface area contributed by atoms with Crippen LogP contribution in [0.5, 0.6) is 0 Å². The zero-order valence-corrected chi connectivity index (χ0v) is 11.0. The first-order chi connectivity index (χ1) is 9.68. The molecule has 1 N–H and O–H groups in total. The van der Waals surface area contributed by atoms with E-state index >= 15 is 0 Å². The molecule has 0 saturated carbocycles. The summed E-state index contributed by atoms with van der Waals surface area (Å²) in [6, 6.07) is 9.44. The fourth-order valence-electron chi connectivity index (χ4n) is 2.65. The highest BCUT2D eigenvalue weighted by molar-refractivity contribution is 5.72. The highest BCUT2D eigenvalue weighted by atomic mass is 16.4. The number of para-hydroxylation sites is 1. The predicted octanol–water partition coefficient (Wildman–Crippen LogP) is 0.962. The van der Waals surface area contributed by atoms with Gasteiger partial charge in [-0.1, -0.05) is 23.3 Å². The van der Waals surface area contributed by atoms with Gasteiger partial charge in [0.25, 0.3) is 5.95 Å². The third-order valence-corrected chi connectivity index (χ3v) is 3.78. The summed E-state index contributed by atoms with van der Waals surface area (Å²) in [5.41, 5.74) is 0.860. The number of tetrazole rings is 1. The molecular formula is C13H15N5O2. The van der Waals surface area contributed by atoms with E-state index in [0.717, 1.165) is 5.69 Å². The third-order valence-electron chi connectivity index (χ3n) is 3.78. The summed E-state index contributed by atoms with van der Waals surface area (Å²) in [5, 5.41) is 21.0. The number of nitrogens with zero attached hydrogens (tertiary/aromatic N) is 5. The first-order valence-corrected chi connectivity index (χ1v) is 6.51. The molecule has 1 saturated heterocycles. The van der Waals surface area contributed by atoms with E-state index in [2.05, 4.69) is 15.5 Å². The first kappa shape index (κ1) is 12.6. The van der Waals surface area contributed by atoms with E-state index < -0.39 is 5.97 Å². The van der Waals surface area contributed by atoms with Crippen LogP contribution in [0, 0.1) is 5.92 Å². The molecule has 1 fully saturated rings. The molecule has 1 aliphatic heterocycles. The van der Waals surface area contributed by atoms with Crippen LogP contribution in [-0.4, -0.2) is 43.9 Å². The summed E-state index contributed by atoms with van der Waals surface area (Å²) in [7, 11) is 0. The molecule has 0 amide bonds. The Bertz CT molecular complexity index is 612. The van der Waals surface area contributed by atoms with Gasteiger partial charge in [-0.25, -0.2) is 0 Å². The Kier molecular flexibility index (Phi) is 3.09. The van der Waals surface area contributed by atoms with Crippen molar-refractivity contribution >= 4 is 11.9 Å². The van der Waals surface area contributed by atoms with Crippen molar-refractivity contribution in [2.75, 3.05) is 11.4 Å². The molecule has 0 bridgehead atoms. The average Bonchev–Trinajstić information content (AvgIpc) is 3.05. The van der Waals surface area contributed by atoms with Crippen LogP contribution in [0.3, 0.4) is 0 Å². The van der Waals surface area contributed by atoms with Gasteiger partial charge in [0.2, 0.25) is 0 Å². The van der Waals surface area contributed by atoms with Gasteiger partial charge in [0.15, 0.2) is 0 Å². The van der Waals surface area contributed by atoms with E-state index in [-0.39, 0.29) is 12.0 Å². The number of hydrogen-bond acceptors (Lipinski definition) is 5. The minimum absolute atomic E-state index is 0.124. The molecule has 7 heteroatoms. The van der Waals surface area contributed by atoms with Gasteiger partial charge in [-0.3, -0.25) is 4.79 Å². The van der Waals surface area contributed by atoms with Crippen molar-refractivity contribution in [2.24, 2.45) is 5.92 Å². The first-order valence-electron chi connectivity index (χ1n) is 6.51. The average molecular weight is 273 g/mol. The SMILES string of the molecule is CC1C(C(=O)O)CCN1c1nnnn1-c1ccccc1. The Labute approximate surface area is 115 Å². The molecule has 1 aliphatic rings. The van der Waals surface area contributed by atoms with Gasteiger partial charge in [-0.15, -0.1) is 0 Å². The van der Waals surface area contributed by atoms with E-state index in [4.69, 9.17) is 0 Å². The minimum atomic E-state index is -0.765. The lowest BCUT2D eigenvalue weighted by Gasteiger charge is -2.23. The summed E-state index contributed by atoms with van der Waals surface area (Å²) >= 11 is 0. The number of anilines is 1. The van der Waals surface area contributed by atoms with Crippen molar-refractivity contribution < 1.29 is 9.90 Å². The lowest BCUT2D eigenvalue weighted by molar-refractivity contribution is -0.141. The van der Waals surface area contributed by atoms with E-state index in [0.29, 0.717) is 18.9 Å². The predicted molar refractivity (Wildman–Crippen MR) is 71.7 cm³/mol. The van der Waals surface area contributed by atoms with Gasteiger partial charge in [-0.05, 0) is 35.9 Å². The van der Waals surface area contributed by atoms with Gasteiger partial charge in [0.05, 0.1) is 11.6 Å². The molecule has 104 valence electrons. The second-order valence-corrected chi connectivity index (χ2v) is 4.89. The highest BCUT2D eigenvalue weighted by Crippen LogP contribution is 2.29. The van der Waals surface area contributed by atoms with Crippen molar-refractivity contribution in [1.82, 2.24) is 20.2 Å². The number of carboxylic acid groups (broad SMARTS) is 1. The monoisotopic (exact) mass is 273 g/mol. The standard InChI is InChI=1S/C13H15N5O2/c1-9-11(12(19)20)7-8-17(9)13-14-15-16-18(13)10-5-3-2-4-6-10/h2-6,9,11H,7-8H2,1H3,(H,19,20). The van der Waals surface area contributed by atoms with E-state index in [1.165, 1.54) is 0 Å². The van der Waals surface area contributed by atoms with Crippen molar-refractivity contribution in [2.45, 2.75) is 19.4 Å². The smallest absolute Gasteiger partial charge is 0.308 e. The van der Waals surface area contributed by atoms with E-state index in [9.17, 15) is 9.90 Å². The van der Waals surface area contributed by atoms with Crippen LogP contribution in [0.2, 0.25) is 0 Å². The summed E-state index contributed by atoms with van der Waals surface area (Å²) < 4.78 is 1.64. The Morgan fingerprint density at radius 3 is 2.75 bits per heavy atom. The number of aliphatic carboxylic acids is 1. The molecule has 7 nitrogen and oxygen atoms in total. The van der Waals surface area contributed by atoms with Crippen molar-refractivity contribution in [3.05, 3.63) is 30.3 Å². The summed E-state index contributed by atoms with van der Waals surface area (Å²) in [5.74, 6) is -0.554. The maximum atomic E-state index is 11.2. The summed E-state index contributed by atoms with van der Waals surface area (Å²) in [6.07, 6.45) is 0.609. The van der Waals surface area contributed by atoms with Gasteiger partial charge in [-0.2, -0.15) is 4.68 Å². The molecule has 0 radical (unpaired) electrons. The van der Waals surface area contributed by atoms with Gasteiger partial charge < -0.3 is 10.0 Å². The third kappa shape index (κ3) is 2.01. The second-order valence-electron chi connectivity index (χ2n) is 4.89. The molecule has 1 aromatic carbocycles. The molecule has 2 unspecified atom stereocenters. The quantitative estimate of drug-likeness (QED) is 0.896. The van der Waals surface area contributed by atoms with E-state index in [1.807, 2.05) is 42.2 Å². The molecule has 2 aromatic rings. The number of hydrogen-bond donors (Lipinski definition) is 1. The number of benzene rings is 1. The van der Waals surface area contributed by atoms with Crippen LogP contribution in [0.1, 0.15) is 13.3 Å². The molecule has 1 aromatic heterocycles. The molecule has 2 heterocycles. The number of rotatable bonds is 3. The van der Waals surface area contributed by atoms with Gasteiger partial charge in [0, 0.05) is 12.6 Å². The van der Waals surface area contributed by atoms with E-state index in [1.54, 1.807) is 4.68 Å². The lowest BCUT2D eigenvalue weighted by Crippen LogP contribution is -2.34. The molecular weight excluding hydrogens is 258 g/mol. The van der Waals surface area contributed by atoms with Crippen molar-refractivity contribution in [3.63, 3.8) is 0 Å². The van der Waals surface area contributed by atoms with Crippen LogP contribution in [-0.2, 0) is 4.79 Å². The van der Waals surface area contributed by atoms with Crippen LogP contribution in [0.4, 0.5) is 5.95 Å². The van der Waals surface area contributed by atoms with Gasteiger partial charge >= 0.3 is 5.97 Å². The van der Waals surface area contributed by atoms with Crippen molar-refractivity contribution in [1.29, 1.82) is 0 Å². The maximum Gasteiger partial charge on any atom is 0.308 e. The Balaban J connectivity index is 1.93.